The summed E-state index contributed by atoms with van der Waals surface area (Å²) in [6, 6.07) is 3.78. The lowest BCUT2D eigenvalue weighted by Crippen LogP contribution is -2.09. The Labute approximate surface area is 84.6 Å². The molecule has 0 radical (unpaired) electrons. The highest BCUT2D eigenvalue weighted by molar-refractivity contribution is 5.46. The predicted molar refractivity (Wildman–Crippen MR) is 46.8 cm³/mol. The summed E-state index contributed by atoms with van der Waals surface area (Å²) < 4.78 is 37.5. The van der Waals surface area contributed by atoms with Gasteiger partial charge in [0.2, 0.25) is 0 Å². The van der Waals surface area contributed by atoms with Crippen LogP contribution in [0.1, 0.15) is 22.3 Å². The molecule has 0 fully saturated rings. The minimum atomic E-state index is -4.50. The predicted octanol–water partition coefficient (Wildman–Crippen LogP) is 2.38. The van der Waals surface area contributed by atoms with Crippen LogP contribution in [-0.4, -0.2) is 5.11 Å². The molecule has 1 aromatic carbocycles. The van der Waals surface area contributed by atoms with Gasteiger partial charge in [-0.2, -0.15) is 18.4 Å². The van der Waals surface area contributed by atoms with Gasteiger partial charge in [0.1, 0.15) is 0 Å². The number of nitrogens with zero attached hydrogens (tertiary/aromatic N) is 1. The number of halogens is 3. The van der Waals surface area contributed by atoms with E-state index in [0.29, 0.717) is 0 Å². The van der Waals surface area contributed by atoms with Crippen molar-refractivity contribution in [3.8, 4) is 6.07 Å². The number of rotatable bonds is 1. The maximum absolute atomic E-state index is 12.5. The van der Waals surface area contributed by atoms with Gasteiger partial charge in [0.15, 0.2) is 0 Å². The van der Waals surface area contributed by atoms with E-state index in [9.17, 15) is 13.2 Å². The van der Waals surface area contributed by atoms with Gasteiger partial charge < -0.3 is 5.11 Å². The molecule has 0 saturated heterocycles. The zero-order chi connectivity index (χ0) is 11.6. The van der Waals surface area contributed by atoms with Gasteiger partial charge >= 0.3 is 6.18 Å². The van der Waals surface area contributed by atoms with Crippen LogP contribution in [0.25, 0.3) is 0 Å². The highest BCUT2D eigenvalue weighted by Crippen LogP contribution is 2.33. The highest BCUT2D eigenvalue weighted by atomic mass is 19.4. The molecule has 1 rings (SSSR count). The third kappa shape index (κ3) is 2.28. The average Bonchev–Trinajstić information content (AvgIpc) is 2.16. The number of alkyl halides is 3. The minimum Gasteiger partial charge on any atom is -0.392 e. The van der Waals surface area contributed by atoms with E-state index in [2.05, 4.69) is 0 Å². The molecule has 0 bridgehead atoms. The Morgan fingerprint density at radius 3 is 2.40 bits per heavy atom. The molecular formula is C10H8F3NO. The standard InChI is InChI=1S/C10H8F3NO/c1-6-8(4-14)2-7(5-15)3-9(6)10(11,12)13/h2-3,15H,5H2,1H3. The summed E-state index contributed by atoms with van der Waals surface area (Å²) >= 11 is 0. The fourth-order valence-corrected chi connectivity index (χ4v) is 1.28. The van der Waals surface area contributed by atoms with Crippen LogP contribution < -0.4 is 0 Å². The Morgan fingerprint density at radius 2 is 2.00 bits per heavy atom. The Balaban J connectivity index is 3.46. The lowest BCUT2D eigenvalue weighted by molar-refractivity contribution is -0.138. The van der Waals surface area contributed by atoms with E-state index in [-0.39, 0.29) is 16.7 Å². The molecule has 0 saturated carbocycles. The lowest BCUT2D eigenvalue weighted by Gasteiger charge is -2.12. The first-order valence-electron chi connectivity index (χ1n) is 4.12. The smallest absolute Gasteiger partial charge is 0.392 e. The number of aliphatic hydroxyl groups excluding tert-OH is 1. The van der Waals surface area contributed by atoms with Gasteiger partial charge in [-0.05, 0) is 30.2 Å². The SMILES string of the molecule is Cc1c(C#N)cc(CO)cc1C(F)(F)F. The molecule has 0 unspecified atom stereocenters. The van der Waals surface area contributed by atoms with Crippen molar-refractivity contribution in [3.63, 3.8) is 0 Å². The van der Waals surface area contributed by atoms with Gasteiger partial charge in [-0.1, -0.05) is 0 Å². The molecule has 1 aromatic rings. The van der Waals surface area contributed by atoms with Crippen molar-refractivity contribution in [1.29, 1.82) is 5.26 Å². The number of benzene rings is 1. The molecule has 2 nitrogen and oxygen atoms in total. The molecule has 80 valence electrons. The summed E-state index contributed by atoms with van der Waals surface area (Å²) in [5.41, 5.74) is -0.953. The van der Waals surface area contributed by atoms with Gasteiger partial charge in [-0.3, -0.25) is 0 Å². The monoisotopic (exact) mass is 215 g/mol. The number of hydrogen-bond acceptors (Lipinski definition) is 2. The molecular weight excluding hydrogens is 207 g/mol. The molecule has 0 heterocycles. The summed E-state index contributed by atoms with van der Waals surface area (Å²) in [4.78, 5) is 0. The fraction of sp³-hybridized carbons (Fsp3) is 0.300. The topological polar surface area (TPSA) is 44.0 Å². The van der Waals surface area contributed by atoms with Crippen molar-refractivity contribution >= 4 is 0 Å². The van der Waals surface area contributed by atoms with Crippen LogP contribution in [0, 0.1) is 18.3 Å². The fourth-order valence-electron chi connectivity index (χ4n) is 1.28. The zero-order valence-electron chi connectivity index (χ0n) is 7.89. The van der Waals surface area contributed by atoms with Gasteiger partial charge in [0, 0.05) is 0 Å². The number of aliphatic hydroxyl groups is 1. The van der Waals surface area contributed by atoms with Gasteiger partial charge in [-0.25, -0.2) is 0 Å². The van der Waals surface area contributed by atoms with E-state index in [1.165, 1.54) is 13.0 Å². The van der Waals surface area contributed by atoms with Crippen molar-refractivity contribution in [2.75, 3.05) is 0 Å². The maximum Gasteiger partial charge on any atom is 0.416 e. The van der Waals surface area contributed by atoms with Crippen molar-refractivity contribution in [2.45, 2.75) is 19.7 Å². The molecule has 0 aromatic heterocycles. The summed E-state index contributed by atoms with van der Waals surface area (Å²) in [5.74, 6) is 0. The van der Waals surface area contributed by atoms with Crippen molar-refractivity contribution in [2.24, 2.45) is 0 Å². The van der Waals surface area contributed by atoms with Crippen LogP contribution >= 0.6 is 0 Å². The van der Waals surface area contributed by atoms with E-state index < -0.39 is 18.3 Å². The molecule has 0 spiro atoms. The van der Waals surface area contributed by atoms with E-state index in [1.54, 1.807) is 6.07 Å². The second kappa shape index (κ2) is 3.91. The first kappa shape index (κ1) is 11.5. The first-order valence-corrected chi connectivity index (χ1v) is 4.12. The zero-order valence-corrected chi connectivity index (χ0v) is 7.89. The van der Waals surface area contributed by atoms with Crippen LogP contribution in [0.4, 0.5) is 13.2 Å². The van der Waals surface area contributed by atoms with Crippen molar-refractivity contribution < 1.29 is 18.3 Å². The third-order valence-electron chi connectivity index (χ3n) is 2.08. The molecule has 1 N–H and O–H groups in total. The minimum absolute atomic E-state index is 0.0612. The normalized spacial score (nSPS) is 11.2. The molecule has 0 aliphatic rings. The third-order valence-corrected chi connectivity index (χ3v) is 2.08. The number of hydrogen-bond donors (Lipinski definition) is 1. The van der Waals surface area contributed by atoms with E-state index in [4.69, 9.17) is 10.4 Å². The molecule has 15 heavy (non-hydrogen) atoms. The average molecular weight is 215 g/mol. The van der Waals surface area contributed by atoms with Crippen molar-refractivity contribution in [1.82, 2.24) is 0 Å². The summed E-state index contributed by atoms with van der Waals surface area (Å²) in [5, 5.41) is 17.4. The summed E-state index contributed by atoms with van der Waals surface area (Å²) in [6.45, 7) is 0.723. The Morgan fingerprint density at radius 1 is 1.40 bits per heavy atom. The van der Waals surface area contributed by atoms with Gasteiger partial charge in [0.25, 0.3) is 0 Å². The van der Waals surface area contributed by atoms with Gasteiger partial charge in [0.05, 0.1) is 23.8 Å². The summed E-state index contributed by atoms with van der Waals surface area (Å²) in [6.07, 6.45) is -4.50. The van der Waals surface area contributed by atoms with Gasteiger partial charge in [-0.15, -0.1) is 0 Å². The number of nitriles is 1. The maximum atomic E-state index is 12.5. The first-order chi connectivity index (χ1) is 6.90. The molecule has 0 amide bonds. The molecule has 0 aliphatic carbocycles. The van der Waals surface area contributed by atoms with E-state index in [1.807, 2.05) is 0 Å². The van der Waals surface area contributed by atoms with Crippen LogP contribution in [0.3, 0.4) is 0 Å². The second-order valence-corrected chi connectivity index (χ2v) is 3.08. The lowest BCUT2D eigenvalue weighted by atomic mass is 9.99. The molecule has 0 aliphatic heterocycles. The molecule has 5 heteroatoms. The highest BCUT2D eigenvalue weighted by Gasteiger charge is 2.33. The second-order valence-electron chi connectivity index (χ2n) is 3.08. The van der Waals surface area contributed by atoms with Crippen LogP contribution in [0.15, 0.2) is 12.1 Å². The molecule has 0 atom stereocenters. The Hall–Kier alpha value is -1.54. The summed E-state index contributed by atoms with van der Waals surface area (Å²) in [7, 11) is 0. The van der Waals surface area contributed by atoms with Crippen LogP contribution in [-0.2, 0) is 12.8 Å². The van der Waals surface area contributed by atoms with E-state index >= 15 is 0 Å². The largest absolute Gasteiger partial charge is 0.416 e. The van der Waals surface area contributed by atoms with Crippen molar-refractivity contribution in [3.05, 3.63) is 34.4 Å². The Kier molecular flexibility index (Phi) is 3.01. The van der Waals surface area contributed by atoms with Crippen LogP contribution in [0.5, 0.6) is 0 Å². The quantitative estimate of drug-likeness (QED) is 0.781. The Bertz CT molecular complexity index is 418. The van der Waals surface area contributed by atoms with Crippen LogP contribution in [0.2, 0.25) is 0 Å². The van der Waals surface area contributed by atoms with E-state index in [0.717, 1.165) is 6.07 Å².